The Morgan fingerprint density at radius 3 is 2.03 bits per heavy atom. The van der Waals surface area contributed by atoms with Crippen LogP contribution in [0.15, 0.2) is 84.9 Å². The van der Waals surface area contributed by atoms with Crippen molar-refractivity contribution in [2.75, 3.05) is 26.2 Å². The maximum absolute atomic E-state index is 13.1. The number of nitrogens with zero attached hydrogens (tertiary/aromatic N) is 1. The molecule has 0 aromatic heterocycles. The van der Waals surface area contributed by atoms with Gasteiger partial charge < -0.3 is 9.64 Å². The number of carbonyl (C=O) groups excluding carboxylic acids is 1. The fraction of sp³-hybridized carbons (Fsp3) is 0.281. The number of rotatable bonds is 6. The van der Waals surface area contributed by atoms with Crippen molar-refractivity contribution in [1.82, 2.24) is 4.90 Å². The summed E-state index contributed by atoms with van der Waals surface area (Å²) >= 11 is 0. The molecule has 3 nitrogen and oxygen atoms in total. The highest BCUT2D eigenvalue weighted by molar-refractivity contribution is 5.93. The van der Waals surface area contributed by atoms with Gasteiger partial charge >= 0.3 is 5.97 Å². The lowest BCUT2D eigenvalue weighted by atomic mass is 9.72. The van der Waals surface area contributed by atoms with Crippen LogP contribution in [0, 0.1) is 0 Å². The van der Waals surface area contributed by atoms with E-state index in [0.717, 1.165) is 44.5 Å². The summed E-state index contributed by atoms with van der Waals surface area (Å²) in [6.45, 7) is 5.08. The second-order valence-electron chi connectivity index (χ2n) is 9.42. The van der Waals surface area contributed by atoms with Crippen molar-refractivity contribution in [3.05, 3.63) is 113 Å². The van der Waals surface area contributed by atoms with Gasteiger partial charge in [0, 0.05) is 6.54 Å². The molecule has 1 aliphatic carbocycles. The quantitative estimate of drug-likeness (QED) is 0.302. The minimum Gasteiger partial charge on any atom is -0.465 e. The Labute approximate surface area is 208 Å². The molecule has 0 spiro atoms. The number of likely N-dealkylation sites (tertiary alicyclic amines) is 1. The molecule has 0 amide bonds. The Hall–Kier alpha value is -3.43. The van der Waals surface area contributed by atoms with Crippen LogP contribution in [-0.2, 0) is 14.9 Å². The van der Waals surface area contributed by atoms with E-state index in [2.05, 4.69) is 83.8 Å². The van der Waals surface area contributed by atoms with E-state index in [1.165, 1.54) is 27.8 Å². The Morgan fingerprint density at radius 2 is 1.43 bits per heavy atom. The molecule has 2 aliphatic rings. The zero-order chi connectivity index (χ0) is 24.1. The number of piperidine rings is 1. The summed E-state index contributed by atoms with van der Waals surface area (Å²) in [6.07, 6.45) is 9.39. The van der Waals surface area contributed by atoms with Crippen molar-refractivity contribution in [1.29, 1.82) is 0 Å². The van der Waals surface area contributed by atoms with Crippen molar-refractivity contribution in [2.24, 2.45) is 0 Å². The minimum atomic E-state index is -0.531. The number of ether oxygens (including phenoxy) is 1. The highest BCUT2D eigenvalue weighted by Gasteiger charge is 2.44. The van der Waals surface area contributed by atoms with Crippen LogP contribution in [0.5, 0.6) is 0 Å². The lowest BCUT2D eigenvalue weighted by molar-refractivity contribution is -0.152. The summed E-state index contributed by atoms with van der Waals surface area (Å²) < 4.78 is 5.54. The molecule has 1 fully saturated rings. The average Bonchev–Trinajstić information content (AvgIpc) is 3.07. The molecule has 1 saturated heterocycles. The average molecular weight is 464 g/mol. The summed E-state index contributed by atoms with van der Waals surface area (Å²) in [5, 5.41) is 0. The molecule has 0 bridgehead atoms. The van der Waals surface area contributed by atoms with E-state index >= 15 is 0 Å². The van der Waals surface area contributed by atoms with Crippen LogP contribution in [0.3, 0.4) is 0 Å². The highest BCUT2D eigenvalue weighted by Crippen LogP contribution is 2.37. The zero-order valence-electron chi connectivity index (χ0n) is 20.5. The van der Waals surface area contributed by atoms with Gasteiger partial charge in [0.15, 0.2) is 0 Å². The third kappa shape index (κ3) is 4.74. The lowest BCUT2D eigenvalue weighted by Gasteiger charge is -2.40. The molecule has 0 atom stereocenters. The highest BCUT2D eigenvalue weighted by atomic mass is 16.5. The predicted molar refractivity (Wildman–Crippen MR) is 144 cm³/mol. The van der Waals surface area contributed by atoms with Crippen molar-refractivity contribution in [2.45, 2.75) is 31.6 Å². The largest absolute Gasteiger partial charge is 0.465 e. The second kappa shape index (κ2) is 10.5. The molecule has 3 aromatic carbocycles. The minimum absolute atomic E-state index is 0.0767. The third-order valence-electron chi connectivity index (χ3n) is 7.44. The Kier molecular flexibility index (Phi) is 6.96. The number of fused-ring (bicyclic) bond motifs is 2. The van der Waals surface area contributed by atoms with Crippen LogP contribution in [0.2, 0.25) is 0 Å². The van der Waals surface area contributed by atoms with Crippen LogP contribution in [0.25, 0.3) is 17.7 Å². The van der Waals surface area contributed by atoms with Crippen molar-refractivity contribution in [3.63, 3.8) is 0 Å². The van der Waals surface area contributed by atoms with E-state index in [1.807, 2.05) is 25.1 Å². The van der Waals surface area contributed by atoms with E-state index < -0.39 is 5.41 Å². The van der Waals surface area contributed by atoms with Gasteiger partial charge in [0.2, 0.25) is 0 Å². The van der Waals surface area contributed by atoms with Gasteiger partial charge in [0.05, 0.1) is 12.0 Å². The number of hydrogen-bond donors (Lipinski definition) is 0. The maximum Gasteiger partial charge on any atom is 0.316 e. The molecule has 35 heavy (non-hydrogen) atoms. The van der Waals surface area contributed by atoms with E-state index in [0.29, 0.717) is 6.61 Å². The molecular weight excluding hydrogens is 430 g/mol. The van der Waals surface area contributed by atoms with E-state index in [-0.39, 0.29) is 5.97 Å². The summed E-state index contributed by atoms with van der Waals surface area (Å²) in [5.74, 6) is -0.0767. The molecule has 1 aliphatic heterocycles. The topological polar surface area (TPSA) is 29.5 Å². The first-order chi connectivity index (χ1) is 17.2. The van der Waals surface area contributed by atoms with Gasteiger partial charge in [-0.15, -0.1) is 0 Å². The van der Waals surface area contributed by atoms with Crippen molar-refractivity contribution in [3.8, 4) is 0 Å². The van der Waals surface area contributed by atoms with Gasteiger partial charge in [-0.3, -0.25) is 4.79 Å². The maximum atomic E-state index is 13.1. The van der Waals surface area contributed by atoms with Crippen LogP contribution >= 0.6 is 0 Å². The summed E-state index contributed by atoms with van der Waals surface area (Å²) in [5.41, 5.74) is 6.96. The fourth-order valence-electron chi connectivity index (χ4n) is 5.51. The van der Waals surface area contributed by atoms with Gasteiger partial charge in [0.1, 0.15) is 0 Å². The molecule has 0 radical (unpaired) electrons. The molecule has 0 saturated carbocycles. The SMILES string of the molecule is CCOC(=O)C1(c2ccccc2)CCN(CCC=C2c3ccccc3C=Cc3ccccc32)CC1. The summed E-state index contributed by atoms with van der Waals surface area (Å²) in [4.78, 5) is 15.5. The molecule has 0 unspecified atom stereocenters. The first kappa shape index (κ1) is 23.3. The van der Waals surface area contributed by atoms with Crippen molar-refractivity contribution < 1.29 is 9.53 Å². The van der Waals surface area contributed by atoms with Gasteiger partial charge in [-0.1, -0.05) is 97.1 Å². The molecule has 3 aromatic rings. The molecule has 3 heteroatoms. The van der Waals surface area contributed by atoms with Gasteiger partial charge in [-0.25, -0.2) is 0 Å². The molecule has 178 valence electrons. The Bertz CT molecular complexity index is 1180. The van der Waals surface area contributed by atoms with E-state index in [1.54, 1.807) is 0 Å². The van der Waals surface area contributed by atoms with E-state index in [9.17, 15) is 4.79 Å². The smallest absolute Gasteiger partial charge is 0.316 e. The molecule has 1 heterocycles. The Balaban J connectivity index is 1.32. The second-order valence-corrected chi connectivity index (χ2v) is 9.42. The van der Waals surface area contributed by atoms with Crippen LogP contribution in [0.4, 0.5) is 0 Å². The number of carbonyl (C=O) groups is 1. The van der Waals surface area contributed by atoms with Gasteiger partial charge in [-0.2, -0.15) is 0 Å². The standard InChI is InChI=1S/C32H33NO2/c1-2-35-31(34)32(27-13-4-3-5-14-27)20-23-33(24-21-32)22-10-17-30-28-15-8-6-11-25(28)18-19-26-12-7-9-16-29(26)30/h3-9,11-19H,2,10,20-24H2,1H3. The molecule has 0 N–H and O–H groups in total. The summed E-state index contributed by atoms with van der Waals surface area (Å²) in [7, 11) is 0. The van der Waals surface area contributed by atoms with Crippen LogP contribution < -0.4 is 0 Å². The Morgan fingerprint density at radius 1 is 0.857 bits per heavy atom. The van der Waals surface area contributed by atoms with E-state index in [4.69, 9.17) is 4.74 Å². The van der Waals surface area contributed by atoms with Crippen LogP contribution in [0.1, 0.15) is 54.0 Å². The number of benzene rings is 3. The normalized spacial score (nSPS) is 16.7. The first-order valence-electron chi connectivity index (χ1n) is 12.7. The first-order valence-corrected chi connectivity index (χ1v) is 12.7. The zero-order valence-corrected chi connectivity index (χ0v) is 20.5. The number of esters is 1. The van der Waals surface area contributed by atoms with Gasteiger partial charge in [-0.05, 0) is 72.7 Å². The van der Waals surface area contributed by atoms with Crippen molar-refractivity contribution >= 4 is 23.7 Å². The fourth-order valence-corrected chi connectivity index (χ4v) is 5.51. The molecular formula is C32H33NO2. The van der Waals surface area contributed by atoms with Crippen LogP contribution in [-0.4, -0.2) is 37.1 Å². The number of hydrogen-bond acceptors (Lipinski definition) is 3. The molecule has 5 rings (SSSR count). The third-order valence-corrected chi connectivity index (χ3v) is 7.44. The lowest BCUT2D eigenvalue weighted by Crippen LogP contribution is -2.48. The summed E-state index contributed by atoms with van der Waals surface area (Å²) in [6, 6.07) is 27.5. The predicted octanol–water partition coefficient (Wildman–Crippen LogP) is 6.59. The monoisotopic (exact) mass is 463 g/mol. The van der Waals surface area contributed by atoms with Gasteiger partial charge in [0.25, 0.3) is 0 Å².